The van der Waals surface area contributed by atoms with Gasteiger partial charge in [0, 0.05) is 26.2 Å². The molecule has 0 aromatic carbocycles. The van der Waals surface area contributed by atoms with Gasteiger partial charge in [-0.05, 0) is 46.2 Å². The second kappa shape index (κ2) is 6.13. The Balaban J connectivity index is 2.71. The molecule has 1 fully saturated rings. The third-order valence-electron chi connectivity index (χ3n) is 3.39. The van der Waals surface area contributed by atoms with Crippen LogP contribution < -0.4 is 5.32 Å². The van der Waals surface area contributed by atoms with Gasteiger partial charge in [0.15, 0.2) is 0 Å². The summed E-state index contributed by atoms with van der Waals surface area (Å²) < 4.78 is 27.7. The van der Waals surface area contributed by atoms with E-state index in [0.717, 1.165) is 19.4 Å². The Morgan fingerprint density at radius 2 is 2.12 bits per heavy atom. The lowest BCUT2D eigenvalue weighted by Gasteiger charge is -2.35. The van der Waals surface area contributed by atoms with Crippen LogP contribution in [0.2, 0.25) is 0 Å². The minimum Gasteiger partial charge on any atom is -0.319 e. The number of hydrogen-bond acceptors (Lipinski definition) is 3. The molecule has 1 saturated heterocycles. The molecule has 0 saturated carbocycles. The van der Waals surface area contributed by atoms with Gasteiger partial charge in [-0.2, -0.15) is 17.0 Å². The van der Waals surface area contributed by atoms with Crippen LogP contribution in [-0.2, 0) is 10.2 Å². The van der Waals surface area contributed by atoms with E-state index in [1.54, 1.807) is 11.4 Å². The lowest BCUT2D eigenvalue weighted by molar-refractivity contribution is 0.243. The van der Waals surface area contributed by atoms with Crippen molar-refractivity contribution in [3.8, 4) is 0 Å². The van der Waals surface area contributed by atoms with Crippen LogP contribution in [0.5, 0.6) is 0 Å². The molecule has 17 heavy (non-hydrogen) atoms. The summed E-state index contributed by atoms with van der Waals surface area (Å²) in [6.45, 7) is 5.97. The molecular weight excluding hydrogens is 238 g/mol. The molecule has 0 amide bonds. The highest BCUT2D eigenvalue weighted by Crippen LogP contribution is 2.20. The molecule has 0 aromatic rings. The molecule has 0 radical (unpaired) electrons. The molecule has 0 spiro atoms. The monoisotopic (exact) mass is 263 g/mol. The van der Waals surface area contributed by atoms with Gasteiger partial charge in [-0.15, -0.1) is 0 Å². The lowest BCUT2D eigenvalue weighted by atomic mass is 10.00. The Morgan fingerprint density at radius 1 is 1.47 bits per heavy atom. The molecule has 1 N–H and O–H groups in total. The van der Waals surface area contributed by atoms with Crippen molar-refractivity contribution in [2.45, 2.75) is 32.7 Å². The van der Waals surface area contributed by atoms with E-state index in [9.17, 15) is 8.42 Å². The molecule has 0 aliphatic carbocycles. The summed E-state index contributed by atoms with van der Waals surface area (Å²) in [5, 5.41) is 3.13. The maximum absolute atomic E-state index is 12.3. The molecule has 0 bridgehead atoms. The van der Waals surface area contributed by atoms with Crippen molar-refractivity contribution in [2.75, 3.05) is 33.7 Å². The minimum absolute atomic E-state index is 0.00433. The van der Waals surface area contributed by atoms with Gasteiger partial charge in [0.05, 0.1) is 0 Å². The third kappa shape index (κ3) is 3.64. The predicted octanol–water partition coefficient (Wildman–Crippen LogP) is 0.503. The van der Waals surface area contributed by atoms with Crippen LogP contribution >= 0.6 is 0 Å². The summed E-state index contributed by atoms with van der Waals surface area (Å²) in [6, 6.07) is 0.00433. The summed E-state index contributed by atoms with van der Waals surface area (Å²) in [7, 11) is 0.291. The fraction of sp³-hybridized carbons (Fsp3) is 1.00. The zero-order valence-electron chi connectivity index (χ0n) is 11.3. The van der Waals surface area contributed by atoms with E-state index >= 15 is 0 Å². The van der Waals surface area contributed by atoms with Crippen LogP contribution in [0.3, 0.4) is 0 Å². The Bertz CT molecular complexity index is 328. The highest BCUT2D eigenvalue weighted by Gasteiger charge is 2.32. The van der Waals surface area contributed by atoms with E-state index in [2.05, 4.69) is 5.32 Å². The molecule has 1 aliphatic heterocycles. The molecule has 1 heterocycles. The fourth-order valence-corrected chi connectivity index (χ4v) is 3.80. The maximum Gasteiger partial charge on any atom is 0.281 e. The smallest absolute Gasteiger partial charge is 0.281 e. The lowest BCUT2D eigenvalue weighted by Crippen LogP contribution is -2.49. The van der Waals surface area contributed by atoms with Crippen molar-refractivity contribution in [2.24, 2.45) is 5.92 Å². The van der Waals surface area contributed by atoms with Crippen molar-refractivity contribution in [3.63, 3.8) is 0 Å². The van der Waals surface area contributed by atoms with Gasteiger partial charge in [0.25, 0.3) is 10.2 Å². The summed E-state index contributed by atoms with van der Waals surface area (Å²) in [5.41, 5.74) is 0. The number of nitrogens with zero attached hydrogens (tertiary/aromatic N) is 2. The van der Waals surface area contributed by atoms with E-state index in [0.29, 0.717) is 19.0 Å². The van der Waals surface area contributed by atoms with Crippen molar-refractivity contribution in [1.29, 1.82) is 0 Å². The molecule has 0 aromatic heterocycles. The Morgan fingerprint density at radius 3 is 2.65 bits per heavy atom. The highest BCUT2D eigenvalue weighted by atomic mass is 32.2. The first-order valence-corrected chi connectivity index (χ1v) is 7.67. The summed E-state index contributed by atoms with van der Waals surface area (Å²) in [5.74, 6) is 0.434. The van der Waals surface area contributed by atoms with E-state index < -0.39 is 10.2 Å². The van der Waals surface area contributed by atoms with E-state index in [1.165, 1.54) is 4.31 Å². The topological polar surface area (TPSA) is 52.7 Å². The van der Waals surface area contributed by atoms with E-state index in [1.807, 2.05) is 20.9 Å². The van der Waals surface area contributed by atoms with Crippen LogP contribution in [-0.4, -0.2) is 56.8 Å². The molecule has 1 rings (SSSR count). The number of hydrogen-bond donors (Lipinski definition) is 1. The SMILES string of the molecule is CNCC1CCCN(S(=O)(=O)N(C)C(C)C)C1. The largest absolute Gasteiger partial charge is 0.319 e. The van der Waals surface area contributed by atoms with Crippen molar-refractivity contribution in [1.82, 2.24) is 13.9 Å². The summed E-state index contributed by atoms with van der Waals surface area (Å²) in [6.07, 6.45) is 2.07. The fourth-order valence-electron chi connectivity index (χ4n) is 2.14. The highest BCUT2D eigenvalue weighted by molar-refractivity contribution is 7.86. The van der Waals surface area contributed by atoms with Gasteiger partial charge in [-0.1, -0.05) is 0 Å². The molecule has 1 atom stereocenters. The predicted molar refractivity (Wildman–Crippen MR) is 70.0 cm³/mol. The van der Waals surface area contributed by atoms with Crippen molar-refractivity contribution in [3.05, 3.63) is 0 Å². The molecule has 6 heteroatoms. The average molecular weight is 263 g/mol. The second-order valence-electron chi connectivity index (χ2n) is 5.04. The zero-order chi connectivity index (χ0) is 13.1. The van der Waals surface area contributed by atoms with Gasteiger partial charge in [-0.25, -0.2) is 0 Å². The van der Waals surface area contributed by atoms with Gasteiger partial charge >= 0.3 is 0 Å². The normalized spacial score (nSPS) is 23.5. The van der Waals surface area contributed by atoms with Crippen molar-refractivity contribution < 1.29 is 8.42 Å². The van der Waals surface area contributed by atoms with E-state index in [4.69, 9.17) is 0 Å². The van der Waals surface area contributed by atoms with Crippen LogP contribution in [0.1, 0.15) is 26.7 Å². The molecule has 1 unspecified atom stereocenters. The standard InChI is InChI=1S/C11H25N3O2S/c1-10(2)13(4)17(15,16)14-7-5-6-11(9-14)8-12-3/h10-12H,5-9H2,1-4H3. The number of piperidine rings is 1. The summed E-state index contributed by atoms with van der Waals surface area (Å²) >= 11 is 0. The second-order valence-corrected chi connectivity index (χ2v) is 7.03. The number of rotatable bonds is 5. The first kappa shape index (κ1) is 14.9. The van der Waals surface area contributed by atoms with Gasteiger partial charge in [0.2, 0.25) is 0 Å². The van der Waals surface area contributed by atoms with Gasteiger partial charge in [-0.3, -0.25) is 0 Å². The van der Waals surface area contributed by atoms with Gasteiger partial charge in [0.1, 0.15) is 0 Å². The minimum atomic E-state index is -3.27. The Hall–Kier alpha value is -0.170. The van der Waals surface area contributed by atoms with Crippen LogP contribution in [0.15, 0.2) is 0 Å². The Kier molecular flexibility index (Phi) is 5.37. The molecular formula is C11H25N3O2S. The third-order valence-corrected chi connectivity index (χ3v) is 5.53. The number of nitrogens with one attached hydrogen (secondary N) is 1. The maximum atomic E-state index is 12.3. The molecule has 5 nitrogen and oxygen atoms in total. The van der Waals surface area contributed by atoms with Gasteiger partial charge < -0.3 is 5.32 Å². The van der Waals surface area contributed by atoms with Crippen LogP contribution in [0.25, 0.3) is 0 Å². The molecule has 1 aliphatic rings. The zero-order valence-corrected chi connectivity index (χ0v) is 12.1. The average Bonchev–Trinajstić information content (AvgIpc) is 2.28. The van der Waals surface area contributed by atoms with E-state index in [-0.39, 0.29) is 6.04 Å². The molecule has 102 valence electrons. The van der Waals surface area contributed by atoms with Crippen LogP contribution in [0.4, 0.5) is 0 Å². The first-order valence-electron chi connectivity index (χ1n) is 6.27. The van der Waals surface area contributed by atoms with Crippen LogP contribution in [0, 0.1) is 5.92 Å². The van der Waals surface area contributed by atoms with Crippen molar-refractivity contribution >= 4 is 10.2 Å². The first-order chi connectivity index (χ1) is 7.89. The quantitative estimate of drug-likeness (QED) is 0.786. The summed E-state index contributed by atoms with van der Waals surface area (Å²) in [4.78, 5) is 0. The Labute approximate surface area is 105 Å².